The summed E-state index contributed by atoms with van der Waals surface area (Å²) in [5.41, 5.74) is 1.04. The Morgan fingerprint density at radius 2 is 2.13 bits per heavy atom. The van der Waals surface area contributed by atoms with E-state index in [0.29, 0.717) is 17.1 Å². The molecule has 0 spiro atoms. The summed E-state index contributed by atoms with van der Waals surface area (Å²) < 4.78 is 5.32. The van der Waals surface area contributed by atoms with Crippen molar-refractivity contribution in [3.63, 3.8) is 0 Å². The number of hydrogen-bond donors (Lipinski definition) is 1. The molecule has 0 atom stereocenters. The van der Waals surface area contributed by atoms with Crippen molar-refractivity contribution in [3.8, 4) is 0 Å². The summed E-state index contributed by atoms with van der Waals surface area (Å²) in [4.78, 5) is 6.35. The van der Waals surface area contributed by atoms with E-state index in [1.54, 1.807) is 0 Å². The molecule has 1 fully saturated rings. The monoisotopic (exact) mass is 210 g/mol. The van der Waals surface area contributed by atoms with Crippen LogP contribution in [0.25, 0.3) is 0 Å². The van der Waals surface area contributed by atoms with E-state index in [1.165, 1.54) is 6.26 Å². The van der Waals surface area contributed by atoms with E-state index >= 15 is 0 Å². The third-order valence-corrected chi connectivity index (χ3v) is 3.09. The van der Waals surface area contributed by atoms with Gasteiger partial charge < -0.3 is 14.4 Å². The van der Waals surface area contributed by atoms with Gasteiger partial charge in [-0.3, -0.25) is 0 Å². The molecule has 0 radical (unpaired) electrons. The third kappa shape index (κ3) is 2.31. The number of aliphatic hydroxyl groups is 1. The molecule has 1 N–H and O–H groups in total. The zero-order valence-corrected chi connectivity index (χ0v) is 9.36. The number of rotatable bonds is 2. The van der Waals surface area contributed by atoms with Gasteiger partial charge in [0, 0.05) is 13.1 Å². The molecule has 0 aliphatic carbocycles. The fraction of sp³-hybridized carbons (Fsp3) is 0.727. The molecule has 84 valence electrons. The van der Waals surface area contributed by atoms with Gasteiger partial charge in [0.15, 0.2) is 0 Å². The number of anilines is 1. The first-order valence-electron chi connectivity index (χ1n) is 5.41. The summed E-state index contributed by atoms with van der Waals surface area (Å²) in [5, 5.41) is 8.89. The van der Waals surface area contributed by atoms with E-state index in [2.05, 4.69) is 23.7 Å². The van der Waals surface area contributed by atoms with Crippen LogP contribution in [0.5, 0.6) is 0 Å². The molecule has 1 aliphatic rings. The predicted molar refractivity (Wildman–Crippen MR) is 57.7 cm³/mol. The molecule has 0 bridgehead atoms. The highest BCUT2D eigenvalue weighted by molar-refractivity contribution is 5.27. The van der Waals surface area contributed by atoms with Crippen LogP contribution in [0, 0.1) is 5.41 Å². The Kier molecular flexibility index (Phi) is 2.69. The maximum Gasteiger partial charge on any atom is 0.297 e. The summed E-state index contributed by atoms with van der Waals surface area (Å²) in [6.07, 6.45) is 3.84. The number of oxazole rings is 1. The van der Waals surface area contributed by atoms with Crippen molar-refractivity contribution in [2.24, 2.45) is 5.41 Å². The minimum Gasteiger partial charge on any atom is -0.432 e. The molecule has 0 amide bonds. The van der Waals surface area contributed by atoms with Crippen molar-refractivity contribution in [3.05, 3.63) is 12.0 Å². The summed E-state index contributed by atoms with van der Waals surface area (Å²) >= 11 is 0. The highest BCUT2D eigenvalue weighted by Crippen LogP contribution is 2.31. The van der Waals surface area contributed by atoms with Crippen LogP contribution in [0.4, 0.5) is 6.01 Å². The van der Waals surface area contributed by atoms with Gasteiger partial charge in [-0.15, -0.1) is 0 Å². The maximum atomic E-state index is 8.89. The van der Waals surface area contributed by atoms with Gasteiger partial charge in [0.1, 0.15) is 12.0 Å². The van der Waals surface area contributed by atoms with Crippen LogP contribution in [0.3, 0.4) is 0 Å². The van der Waals surface area contributed by atoms with Gasteiger partial charge >= 0.3 is 0 Å². The van der Waals surface area contributed by atoms with Crippen molar-refractivity contribution in [1.29, 1.82) is 0 Å². The topological polar surface area (TPSA) is 49.5 Å². The highest BCUT2D eigenvalue weighted by atomic mass is 16.4. The van der Waals surface area contributed by atoms with Crippen LogP contribution >= 0.6 is 0 Å². The minimum atomic E-state index is -0.0527. The van der Waals surface area contributed by atoms with Crippen molar-refractivity contribution < 1.29 is 9.52 Å². The van der Waals surface area contributed by atoms with Crippen LogP contribution in [-0.4, -0.2) is 23.2 Å². The molecule has 0 aromatic carbocycles. The standard InChI is InChI=1S/C11H18N2O2/c1-11(2)3-5-13(6-4-11)10-12-9(7-14)8-15-10/h8,14H,3-7H2,1-2H3. The predicted octanol–water partition coefficient (Wildman–Crippen LogP) is 1.79. The first-order valence-corrected chi connectivity index (χ1v) is 5.41. The average Bonchev–Trinajstić information content (AvgIpc) is 2.66. The molecule has 4 heteroatoms. The summed E-state index contributed by atoms with van der Waals surface area (Å²) in [6.45, 7) is 6.50. The Hall–Kier alpha value is -1.03. The fourth-order valence-electron chi connectivity index (χ4n) is 1.82. The molecule has 0 unspecified atom stereocenters. The van der Waals surface area contributed by atoms with Crippen LogP contribution in [-0.2, 0) is 6.61 Å². The van der Waals surface area contributed by atoms with Crippen LogP contribution in [0.15, 0.2) is 10.7 Å². The fourth-order valence-corrected chi connectivity index (χ4v) is 1.82. The SMILES string of the molecule is CC1(C)CCN(c2nc(CO)co2)CC1. The molecule has 2 rings (SSSR count). The Balaban J connectivity index is 2.01. The quantitative estimate of drug-likeness (QED) is 0.808. The van der Waals surface area contributed by atoms with Crippen LogP contribution in [0.2, 0.25) is 0 Å². The van der Waals surface area contributed by atoms with Gasteiger partial charge in [0.25, 0.3) is 6.01 Å². The first-order chi connectivity index (χ1) is 7.11. The zero-order chi connectivity index (χ0) is 10.9. The van der Waals surface area contributed by atoms with Crippen molar-refractivity contribution in [2.45, 2.75) is 33.3 Å². The lowest BCUT2D eigenvalue weighted by atomic mass is 9.83. The van der Waals surface area contributed by atoms with Crippen LogP contribution in [0.1, 0.15) is 32.4 Å². The van der Waals surface area contributed by atoms with Crippen molar-refractivity contribution in [2.75, 3.05) is 18.0 Å². The molecule has 0 saturated carbocycles. The van der Waals surface area contributed by atoms with Gasteiger partial charge in [-0.05, 0) is 18.3 Å². The van der Waals surface area contributed by atoms with E-state index in [9.17, 15) is 0 Å². The summed E-state index contributed by atoms with van der Waals surface area (Å²) in [7, 11) is 0. The second-order valence-electron chi connectivity index (χ2n) is 4.93. The average molecular weight is 210 g/mol. The van der Waals surface area contributed by atoms with Gasteiger partial charge in [0.2, 0.25) is 0 Å². The summed E-state index contributed by atoms with van der Waals surface area (Å²) in [5.74, 6) is 0. The molecule has 15 heavy (non-hydrogen) atoms. The van der Waals surface area contributed by atoms with Gasteiger partial charge in [-0.2, -0.15) is 4.98 Å². The van der Waals surface area contributed by atoms with Gasteiger partial charge in [-0.25, -0.2) is 0 Å². The number of hydrogen-bond acceptors (Lipinski definition) is 4. The lowest BCUT2D eigenvalue weighted by molar-refractivity contribution is 0.273. The molecule has 4 nitrogen and oxygen atoms in total. The molecule has 1 aliphatic heterocycles. The van der Waals surface area contributed by atoms with Gasteiger partial charge in [0.05, 0.1) is 6.61 Å². The second kappa shape index (κ2) is 3.85. The molecule has 1 aromatic heterocycles. The molecular formula is C11H18N2O2. The highest BCUT2D eigenvalue weighted by Gasteiger charge is 2.27. The first kappa shape index (κ1) is 10.5. The number of aliphatic hydroxyl groups excluding tert-OH is 1. The lowest BCUT2D eigenvalue weighted by Crippen LogP contribution is -2.37. The Morgan fingerprint density at radius 3 is 2.67 bits per heavy atom. The van der Waals surface area contributed by atoms with E-state index < -0.39 is 0 Å². The zero-order valence-electron chi connectivity index (χ0n) is 9.36. The Bertz CT molecular complexity index is 323. The number of aromatic nitrogens is 1. The second-order valence-corrected chi connectivity index (χ2v) is 4.93. The van der Waals surface area contributed by atoms with E-state index in [1.807, 2.05) is 0 Å². The van der Waals surface area contributed by atoms with Crippen molar-refractivity contribution in [1.82, 2.24) is 4.98 Å². The largest absolute Gasteiger partial charge is 0.432 e. The number of piperidine rings is 1. The molecular weight excluding hydrogens is 192 g/mol. The lowest BCUT2D eigenvalue weighted by Gasteiger charge is -2.35. The Labute approximate surface area is 89.9 Å². The van der Waals surface area contributed by atoms with Crippen molar-refractivity contribution >= 4 is 6.01 Å². The van der Waals surface area contributed by atoms with Crippen LogP contribution < -0.4 is 4.90 Å². The minimum absolute atomic E-state index is 0.0527. The third-order valence-electron chi connectivity index (χ3n) is 3.09. The Morgan fingerprint density at radius 1 is 1.47 bits per heavy atom. The van der Waals surface area contributed by atoms with Gasteiger partial charge in [-0.1, -0.05) is 13.8 Å². The summed E-state index contributed by atoms with van der Waals surface area (Å²) in [6, 6.07) is 0.648. The number of nitrogens with zero attached hydrogens (tertiary/aromatic N) is 2. The smallest absolute Gasteiger partial charge is 0.297 e. The normalized spacial score (nSPS) is 20.6. The van der Waals surface area contributed by atoms with E-state index in [0.717, 1.165) is 25.9 Å². The van der Waals surface area contributed by atoms with E-state index in [4.69, 9.17) is 9.52 Å². The maximum absolute atomic E-state index is 8.89. The molecule has 1 saturated heterocycles. The molecule has 2 heterocycles. The van der Waals surface area contributed by atoms with E-state index in [-0.39, 0.29) is 6.61 Å². The molecule has 1 aromatic rings.